The highest BCUT2D eigenvalue weighted by Gasteiger charge is 2.18. The van der Waals surface area contributed by atoms with Crippen molar-refractivity contribution in [3.05, 3.63) is 81.9 Å². The standard InChI is InChI=1S/C30H38S2/c1-19-20(2)28(32-26-17-13-24(14-18-26)30(8,9)10)22(4)21(3)27(19)31-25-15-11-23(12-16-25)29(5,6)7/h11-18H,1-10H3. The van der Waals surface area contributed by atoms with Gasteiger partial charge in [-0.25, -0.2) is 0 Å². The maximum atomic E-state index is 2.28. The minimum absolute atomic E-state index is 0.187. The van der Waals surface area contributed by atoms with E-state index in [4.69, 9.17) is 0 Å². The SMILES string of the molecule is Cc1c(C)c(Sc2ccc(C(C)(C)C)cc2)c(C)c(C)c1Sc1ccc(C(C)(C)C)cc1. The van der Waals surface area contributed by atoms with E-state index in [1.807, 2.05) is 23.5 Å². The molecule has 0 amide bonds. The number of rotatable bonds is 4. The zero-order chi connectivity index (χ0) is 23.8. The summed E-state index contributed by atoms with van der Waals surface area (Å²) in [5.74, 6) is 0. The van der Waals surface area contributed by atoms with Gasteiger partial charge in [-0.15, -0.1) is 0 Å². The van der Waals surface area contributed by atoms with Gasteiger partial charge < -0.3 is 0 Å². The van der Waals surface area contributed by atoms with Gasteiger partial charge in [-0.2, -0.15) is 0 Å². The Morgan fingerprint density at radius 2 is 0.688 bits per heavy atom. The van der Waals surface area contributed by atoms with Gasteiger partial charge in [0.05, 0.1) is 0 Å². The van der Waals surface area contributed by atoms with Gasteiger partial charge in [-0.05, 0) is 96.2 Å². The molecule has 0 radical (unpaired) electrons. The molecule has 0 saturated carbocycles. The number of hydrogen-bond donors (Lipinski definition) is 0. The van der Waals surface area contributed by atoms with Gasteiger partial charge in [0.1, 0.15) is 0 Å². The molecule has 0 N–H and O–H groups in total. The fraction of sp³-hybridized carbons (Fsp3) is 0.400. The van der Waals surface area contributed by atoms with Gasteiger partial charge in [-0.3, -0.25) is 0 Å². The lowest BCUT2D eigenvalue weighted by atomic mass is 9.87. The molecule has 0 nitrogen and oxygen atoms in total. The van der Waals surface area contributed by atoms with E-state index in [9.17, 15) is 0 Å². The molecule has 170 valence electrons. The van der Waals surface area contributed by atoms with E-state index in [1.165, 1.54) is 53.0 Å². The maximum Gasteiger partial charge on any atom is 0.0186 e. The van der Waals surface area contributed by atoms with E-state index >= 15 is 0 Å². The summed E-state index contributed by atoms with van der Waals surface area (Å²) in [5, 5.41) is 0. The first kappa shape index (κ1) is 25.0. The molecule has 0 aliphatic rings. The second-order valence-electron chi connectivity index (χ2n) is 10.9. The summed E-state index contributed by atoms with van der Waals surface area (Å²) in [5.41, 5.74) is 8.72. The van der Waals surface area contributed by atoms with E-state index in [0.717, 1.165) is 0 Å². The molecule has 0 unspecified atom stereocenters. The summed E-state index contributed by atoms with van der Waals surface area (Å²) in [6.45, 7) is 22.7. The first-order valence-corrected chi connectivity index (χ1v) is 13.1. The topological polar surface area (TPSA) is 0 Å². The fourth-order valence-corrected chi connectivity index (χ4v) is 6.07. The fourth-order valence-electron chi connectivity index (χ4n) is 3.83. The summed E-state index contributed by atoms with van der Waals surface area (Å²) < 4.78 is 0. The van der Waals surface area contributed by atoms with E-state index < -0.39 is 0 Å². The van der Waals surface area contributed by atoms with Crippen LogP contribution >= 0.6 is 23.5 Å². The summed E-state index contributed by atoms with van der Waals surface area (Å²) in [6, 6.07) is 18.2. The number of benzene rings is 3. The van der Waals surface area contributed by atoms with Crippen molar-refractivity contribution >= 4 is 23.5 Å². The molecule has 3 rings (SSSR count). The third-order valence-electron chi connectivity index (χ3n) is 6.37. The molecule has 2 heteroatoms. The van der Waals surface area contributed by atoms with Gasteiger partial charge in [0.25, 0.3) is 0 Å². The minimum atomic E-state index is 0.187. The van der Waals surface area contributed by atoms with Crippen LogP contribution in [0.5, 0.6) is 0 Å². The first-order chi connectivity index (χ1) is 14.8. The van der Waals surface area contributed by atoms with E-state index in [0.29, 0.717) is 0 Å². The van der Waals surface area contributed by atoms with Crippen LogP contribution in [0, 0.1) is 27.7 Å². The Kier molecular flexibility index (Phi) is 7.27. The molecule has 0 fully saturated rings. The smallest absolute Gasteiger partial charge is 0.0186 e. The lowest BCUT2D eigenvalue weighted by molar-refractivity contribution is 0.589. The third kappa shape index (κ3) is 5.46. The van der Waals surface area contributed by atoms with Crippen molar-refractivity contribution < 1.29 is 0 Å². The lowest BCUT2D eigenvalue weighted by Gasteiger charge is -2.22. The van der Waals surface area contributed by atoms with Gasteiger partial charge in [0.2, 0.25) is 0 Å². The molecule has 0 aliphatic carbocycles. The van der Waals surface area contributed by atoms with Crippen molar-refractivity contribution in [2.75, 3.05) is 0 Å². The Hall–Kier alpha value is -1.64. The quantitative estimate of drug-likeness (QED) is 0.378. The summed E-state index contributed by atoms with van der Waals surface area (Å²) in [7, 11) is 0. The molecule has 32 heavy (non-hydrogen) atoms. The highest BCUT2D eigenvalue weighted by atomic mass is 32.2. The molecule has 3 aromatic rings. The molecule has 0 atom stereocenters. The second-order valence-corrected chi connectivity index (χ2v) is 13.1. The van der Waals surface area contributed by atoms with Gasteiger partial charge >= 0.3 is 0 Å². The van der Waals surface area contributed by atoms with E-state index in [-0.39, 0.29) is 10.8 Å². The van der Waals surface area contributed by atoms with Crippen molar-refractivity contribution in [1.82, 2.24) is 0 Å². The Labute approximate surface area is 204 Å². The average Bonchev–Trinajstić information content (AvgIpc) is 2.72. The molecular formula is C30H38S2. The maximum absolute atomic E-state index is 2.28. The largest absolute Gasteiger partial charge is 0.0895 e. The van der Waals surface area contributed by atoms with Crippen LogP contribution in [0.3, 0.4) is 0 Å². The Bertz CT molecular complexity index is 971. The molecule has 0 spiro atoms. The zero-order valence-corrected chi connectivity index (χ0v) is 23.1. The molecule has 0 aromatic heterocycles. The van der Waals surface area contributed by atoms with Crippen LogP contribution in [0.25, 0.3) is 0 Å². The second kappa shape index (κ2) is 9.31. The van der Waals surface area contributed by atoms with Crippen LogP contribution in [0.15, 0.2) is 68.1 Å². The Morgan fingerprint density at radius 1 is 0.438 bits per heavy atom. The van der Waals surface area contributed by atoms with Crippen LogP contribution in [0.4, 0.5) is 0 Å². The Balaban J connectivity index is 1.91. The van der Waals surface area contributed by atoms with Crippen molar-refractivity contribution in [1.29, 1.82) is 0 Å². The molecule has 3 aromatic carbocycles. The van der Waals surface area contributed by atoms with Gasteiger partial charge in [0.15, 0.2) is 0 Å². The van der Waals surface area contributed by atoms with Crippen LogP contribution < -0.4 is 0 Å². The van der Waals surface area contributed by atoms with Crippen LogP contribution in [-0.2, 0) is 10.8 Å². The molecular weight excluding hydrogens is 424 g/mol. The van der Waals surface area contributed by atoms with Crippen LogP contribution in [-0.4, -0.2) is 0 Å². The van der Waals surface area contributed by atoms with Crippen LogP contribution in [0.2, 0.25) is 0 Å². The van der Waals surface area contributed by atoms with Gasteiger partial charge in [0, 0.05) is 19.6 Å². The minimum Gasteiger partial charge on any atom is -0.0895 e. The lowest BCUT2D eigenvalue weighted by Crippen LogP contribution is -2.10. The summed E-state index contributed by atoms with van der Waals surface area (Å²) in [4.78, 5) is 5.41. The van der Waals surface area contributed by atoms with E-state index in [1.54, 1.807) is 0 Å². The number of hydrogen-bond acceptors (Lipinski definition) is 2. The van der Waals surface area contributed by atoms with Gasteiger partial charge in [-0.1, -0.05) is 89.3 Å². The summed E-state index contributed by atoms with van der Waals surface area (Å²) in [6.07, 6.45) is 0. The highest BCUT2D eigenvalue weighted by molar-refractivity contribution is 8.00. The predicted octanol–water partition coefficient (Wildman–Crippen LogP) is 9.82. The molecule has 0 saturated heterocycles. The third-order valence-corrected chi connectivity index (χ3v) is 9.02. The first-order valence-electron chi connectivity index (χ1n) is 11.5. The summed E-state index contributed by atoms with van der Waals surface area (Å²) >= 11 is 3.80. The normalized spacial score (nSPS) is 12.3. The molecule has 0 bridgehead atoms. The zero-order valence-electron chi connectivity index (χ0n) is 21.4. The highest BCUT2D eigenvalue weighted by Crippen LogP contribution is 2.43. The Morgan fingerprint density at radius 3 is 0.906 bits per heavy atom. The van der Waals surface area contributed by atoms with Crippen molar-refractivity contribution in [3.63, 3.8) is 0 Å². The van der Waals surface area contributed by atoms with Crippen LogP contribution in [0.1, 0.15) is 74.9 Å². The van der Waals surface area contributed by atoms with Crippen molar-refractivity contribution in [2.45, 2.75) is 99.6 Å². The molecule has 0 heterocycles. The average molecular weight is 463 g/mol. The monoisotopic (exact) mass is 462 g/mol. The van der Waals surface area contributed by atoms with Crippen molar-refractivity contribution in [3.8, 4) is 0 Å². The van der Waals surface area contributed by atoms with E-state index in [2.05, 4.69) is 118 Å². The van der Waals surface area contributed by atoms with Crippen molar-refractivity contribution in [2.24, 2.45) is 0 Å². The molecule has 0 aliphatic heterocycles. The predicted molar refractivity (Wildman–Crippen MR) is 144 cm³/mol.